The second kappa shape index (κ2) is 8.52. The smallest absolute Gasteiger partial charge is 0.161 e. The molecular formula is C26H30O2. The fraction of sp³-hybridized carbons (Fsp3) is 0.308. The lowest BCUT2D eigenvalue weighted by molar-refractivity contribution is -0.122. The van der Waals surface area contributed by atoms with Crippen LogP contribution in [0, 0.1) is 10.8 Å². The van der Waals surface area contributed by atoms with Crippen LogP contribution in [0.5, 0.6) is 0 Å². The molecule has 0 aliphatic heterocycles. The molecule has 0 heterocycles. The second-order valence-corrected chi connectivity index (χ2v) is 9.08. The molecule has 0 atom stereocenters. The van der Waals surface area contributed by atoms with Gasteiger partial charge in [-0.15, -0.1) is 0 Å². The number of carbonyl (C=O) groups excluding carboxylic acids is 2. The van der Waals surface area contributed by atoms with Crippen LogP contribution in [-0.4, -0.2) is 11.6 Å². The fourth-order valence-electron chi connectivity index (χ4n) is 2.56. The summed E-state index contributed by atoms with van der Waals surface area (Å²) in [6.07, 6.45) is 3.37. The van der Waals surface area contributed by atoms with Gasteiger partial charge in [-0.3, -0.25) is 9.59 Å². The van der Waals surface area contributed by atoms with E-state index in [9.17, 15) is 9.59 Å². The largest absolute Gasteiger partial charge is 0.294 e. The first-order valence-electron chi connectivity index (χ1n) is 9.63. The van der Waals surface area contributed by atoms with Crippen molar-refractivity contribution in [2.75, 3.05) is 0 Å². The molecule has 0 aromatic heterocycles. The summed E-state index contributed by atoms with van der Waals surface area (Å²) in [5, 5.41) is 0. The molecular weight excluding hydrogens is 344 g/mol. The van der Waals surface area contributed by atoms with Gasteiger partial charge in [0.2, 0.25) is 0 Å². The summed E-state index contributed by atoms with van der Waals surface area (Å²) in [7, 11) is 0. The van der Waals surface area contributed by atoms with Crippen LogP contribution in [0.4, 0.5) is 0 Å². The van der Waals surface area contributed by atoms with Crippen LogP contribution in [-0.2, 0) is 9.59 Å². The number of carbonyl (C=O) groups is 2. The van der Waals surface area contributed by atoms with E-state index in [1.807, 2.05) is 102 Å². The van der Waals surface area contributed by atoms with Crippen LogP contribution >= 0.6 is 0 Å². The average molecular weight is 375 g/mol. The van der Waals surface area contributed by atoms with Crippen LogP contribution < -0.4 is 0 Å². The van der Waals surface area contributed by atoms with Crippen LogP contribution in [0.1, 0.15) is 52.7 Å². The fourth-order valence-corrected chi connectivity index (χ4v) is 2.56. The van der Waals surface area contributed by atoms with Crippen molar-refractivity contribution in [2.24, 2.45) is 10.8 Å². The predicted octanol–water partition coefficient (Wildman–Crippen LogP) is 6.38. The molecule has 28 heavy (non-hydrogen) atoms. The minimum atomic E-state index is -0.504. The van der Waals surface area contributed by atoms with E-state index in [4.69, 9.17) is 0 Å². The highest BCUT2D eigenvalue weighted by Gasteiger charge is 2.24. The van der Waals surface area contributed by atoms with E-state index in [-0.39, 0.29) is 11.6 Å². The van der Waals surface area contributed by atoms with Gasteiger partial charge in [-0.05, 0) is 34.4 Å². The van der Waals surface area contributed by atoms with Gasteiger partial charge in [0.25, 0.3) is 0 Å². The van der Waals surface area contributed by atoms with Gasteiger partial charge in [-0.25, -0.2) is 0 Å². The molecule has 0 fully saturated rings. The lowest BCUT2D eigenvalue weighted by Crippen LogP contribution is -2.19. The van der Waals surface area contributed by atoms with Crippen molar-refractivity contribution in [1.82, 2.24) is 0 Å². The molecule has 0 amide bonds. The third kappa shape index (κ3) is 5.63. The van der Waals surface area contributed by atoms with Gasteiger partial charge in [0.1, 0.15) is 0 Å². The zero-order chi connectivity index (χ0) is 20.9. The number of hydrogen-bond acceptors (Lipinski definition) is 2. The van der Waals surface area contributed by atoms with Gasteiger partial charge >= 0.3 is 0 Å². The number of allylic oxidation sites excluding steroid dienone is 4. The SMILES string of the molecule is CC(C)(C)C(=O)/C=C(/C(=C/C(=O)C(C)(C)C)c1ccccc1)c1ccccc1. The van der Waals surface area contributed by atoms with Gasteiger partial charge in [0, 0.05) is 10.8 Å². The standard InChI is InChI=1S/C26H30O2/c1-25(2,3)23(27)17-21(19-13-9-7-10-14-19)22(18-24(28)26(4,5)6)20-15-11-8-12-16-20/h7-18H,1-6H3/b21-17+,22-18+. The molecule has 0 saturated carbocycles. The maximum atomic E-state index is 12.9. The highest BCUT2D eigenvalue weighted by atomic mass is 16.1. The van der Waals surface area contributed by atoms with E-state index in [2.05, 4.69) is 0 Å². The first-order chi connectivity index (χ1) is 13.0. The molecule has 0 saturated heterocycles. The summed E-state index contributed by atoms with van der Waals surface area (Å²) in [5.74, 6) is 0.0489. The van der Waals surface area contributed by atoms with E-state index in [0.717, 1.165) is 22.3 Å². The first-order valence-corrected chi connectivity index (χ1v) is 9.63. The number of hydrogen-bond donors (Lipinski definition) is 0. The summed E-state index contributed by atoms with van der Waals surface area (Å²) in [4.78, 5) is 25.8. The maximum Gasteiger partial charge on any atom is 0.161 e. The Bertz CT molecular complexity index is 809. The topological polar surface area (TPSA) is 34.1 Å². The highest BCUT2D eigenvalue weighted by molar-refractivity contribution is 6.17. The van der Waals surface area contributed by atoms with Gasteiger partial charge in [0.05, 0.1) is 0 Å². The Kier molecular flexibility index (Phi) is 6.56. The molecule has 0 spiro atoms. The zero-order valence-corrected chi connectivity index (χ0v) is 17.7. The lowest BCUT2D eigenvalue weighted by Gasteiger charge is -2.20. The first kappa shape index (κ1) is 21.6. The quantitative estimate of drug-likeness (QED) is 0.449. The monoisotopic (exact) mass is 374 g/mol. The summed E-state index contributed by atoms with van der Waals surface area (Å²) in [6.45, 7) is 11.4. The van der Waals surface area contributed by atoms with Gasteiger partial charge in [-0.2, -0.15) is 0 Å². The maximum absolute atomic E-state index is 12.9. The van der Waals surface area contributed by atoms with Crippen LogP contribution in [0.2, 0.25) is 0 Å². The second-order valence-electron chi connectivity index (χ2n) is 9.08. The number of benzene rings is 2. The molecule has 146 valence electrons. The van der Waals surface area contributed by atoms with Crippen molar-refractivity contribution in [3.63, 3.8) is 0 Å². The van der Waals surface area contributed by atoms with E-state index in [1.165, 1.54) is 0 Å². The van der Waals surface area contributed by atoms with E-state index in [0.29, 0.717) is 0 Å². The molecule has 2 heteroatoms. The molecule has 2 nitrogen and oxygen atoms in total. The summed E-state index contributed by atoms with van der Waals surface area (Å²) < 4.78 is 0. The molecule has 0 unspecified atom stereocenters. The van der Waals surface area contributed by atoms with Crippen molar-refractivity contribution in [2.45, 2.75) is 41.5 Å². The van der Waals surface area contributed by atoms with Crippen LogP contribution in [0.3, 0.4) is 0 Å². The van der Waals surface area contributed by atoms with Crippen molar-refractivity contribution < 1.29 is 9.59 Å². The van der Waals surface area contributed by atoms with E-state index in [1.54, 1.807) is 12.2 Å². The normalized spacial score (nSPS) is 13.4. The highest BCUT2D eigenvalue weighted by Crippen LogP contribution is 2.34. The van der Waals surface area contributed by atoms with E-state index >= 15 is 0 Å². The minimum absolute atomic E-state index is 0.0244. The molecule has 0 N–H and O–H groups in total. The third-order valence-electron chi connectivity index (χ3n) is 4.49. The van der Waals surface area contributed by atoms with Crippen LogP contribution in [0.25, 0.3) is 11.1 Å². The van der Waals surface area contributed by atoms with Crippen molar-refractivity contribution in [1.29, 1.82) is 0 Å². The Hall–Kier alpha value is -2.74. The average Bonchev–Trinajstić information content (AvgIpc) is 2.64. The van der Waals surface area contributed by atoms with Crippen LogP contribution in [0.15, 0.2) is 72.8 Å². The Morgan fingerprint density at radius 1 is 0.571 bits per heavy atom. The lowest BCUT2D eigenvalue weighted by atomic mass is 9.83. The van der Waals surface area contributed by atoms with Gasteiger partial charge in [0.15, 0.2) is 11.6 Å². The van der Waals surface area contributed by atoms with Crippen molar-refractivity contribution in [3.05, 3.63) is 83.9 Å². The van der Waals surface area contributed by atoms with Gasteiger partial charge in [-0.1, -0.05) is 102 Å². The summed E-state index contributed by atoms with van der Waals surface area (Å²) in [6, 6.07) is 19.5. The molecule has 2 rings (SSSR count). The molecule has 2 aromatic rings. The predicted molar refractivity (Wildman–Crippen MR) is 118 cm³/mol. The van der Waals surface area contributed by atoms with Crippen molar-refractivity contribution >= 4 is 22.7 Å². The Morgan fingerprint density at radius 2 is 0.857 bits per heavy atom. The molecule has 0 aliphatic rings. The molecule has 0 radical (unpaired) electrons. The Morgan fingerprint density at radius 3 is 1.11 bits per heavy atom. The minimum Gasteiger partial charge on any atom is -0.294 e. The zero-order valence-electron chi connectivity index (χ0n) is 17.7. The Balaban J connectivity index is 2.76. The molecule has 2 aromatic carbocycles. The number of ketones is 2. The van der Waals surface area contributed by atoms with Crippen molar-refractivity contribution in [3.8, 4) is 0 Å². The molecule has 0 bridgehead atoms. The number of rotatable bonds is 5. The summed E-state index contributed by atoms with van der Waals surface area (Å²) >= 11 is 0. The van der Waals surface area contributed by atoms with Gasteiger partial charge < -0.3 is 0 Å². The van der Waals surface area contributed by atoms with E-state index < -0.39 is 10.8 Å². The molecule has 0 aliphatic carbocycles. The summed E-state index contributed by atoms with van der Waals surface area (Å²) in [5.41, 5.74) is 2.36. The Labute approximate surface area is 169 Å². The third-order valence-corrected chi connectivity index (χ3v) is 4.49.